The molecule has 6 nitrogen and oxygen atoms in total. The minimum Gasteiger partial charge on any atom is -0.369 e. The molecule has 0 aromatic carbocycles. The van der Waals surface area contributed by atoms with Gasteiger partial charge in [-0.3, -0.25) is 14.9 Å². The van der Waals surface area contributed by atoms with Gasteiger partial charge >= 0.3 is 5.00 Å². The molecule has 1 aliphatic rings. The number of nitrogens with zero attached hydrogens (tertiary/aromatic N) is 1. The second-order valence-corrected chi connectivity index (χ2v) is 5.98. The fraction of sp³-hybridized carbons (Fsp3) is 0.583. The first-order valence-corrected chi connectivity index (χ1v) is 7.13. The lowest BCUT2D eigenvalue weighted by molar-refractivity contribution is -0.380. The van der Waals surface area contributed by atoms with Gasteiger partial charge in [0.1, 0.15) is 0 Å². The zero-order valence-electron chi connectivity index (χ0n) is 10.5. The van der Waals surface area contributed by atoms with E-state index in [1.54, 1.807) is 6.07 Å². The Morgan fingerprint density at radius 3 is 2.63 bits per heavy atom. The van der Waals surface area contributed by atoms with Crippen molar-refractivity contribution in [2.45, 2.75) is 38.3 Å². The summed E-state index contributed by atoms with van der Waals surface area (Å²) in [5, 5.41) is 14.1. The Bertz CT molecular complexity index is 467. The number of carbonyl (C=O) groups is 1. The van der Waals surface area contributed by atoms with E-state index in [-0.39, 0.29) is 21.7 Å². The standard InChI is InChI=1S/C12H17N3O3S/c13-12(16)8-1-3-9(4-2-8)14-7-10-5-6-11(19-10)15(17)18/h5-6,8-9,14H,1-4,7H2,(H2,13,16). The molecular formula is C12H17N3O3S. The van der Waals surface area contributed by atoms with Gasteiger partial charge < -0.3 is 11.1 Å². The van der Waals surface area contributed by atoms with Gasteiger partial charge in [-0.15, -0.1) is 0 Å². The van der Waals surface area contributed by atoms with Crippen LogP contribution in [0.25, 0.3) is 0 Å². The lowest BCUT2D eigenvalue weighted by Crippen LogP contribution is -2.36. The van der Waals surface area contributed by atoms with E-state index in [1.807, 2.05) is 0 Å². The minimum atomic E-state index is -0.369. The van der Waals surface area contributed by atoms with Gasteiger partial charge in [0.25, 0.3) is 0 Å². The molecule has 0 spiro atoms. The van der Waals surface area contributed by atoms with Crippen molar-refractivity contribution in [1.82, 2.24) is 5.32 Å². The zero-order chi connectivity index (χ0) is 13.8. The zero-order valence-corrected chi connectivity index (χ0v) is 11.3. The average Bonchev–Trinajstić information content (AvgIpc) is 2.86. The topological polar surface area (TPSA) is 98.3 Å². The third kappa shape index (κ3) is 3.74. The van der Waals surface area contributed by atoms with Crippen molar-refractivity contribution in [1.29, 1.82) is 0 Å². The summed E-state index contributed by atoms with van der Waals surface area (Å²) in [5.74, 6) is -0.187. The number of primary amides is 1. The number of hydrogen-bond donors (Lipinski definition) is 2. The largest absolute Gasteiger partial charge is 0.369 e. The fourth-order valence-electron chi connectivity index (χ4n) is 2.39. The Kier molecular flexibility index (Phi) is 4.49. The molecule has 1 fully saturated rings. The minimum absolute atomic E-state index is 0.0147. The maximum atomic E-state index is 11.0. The van der Waals surface area contributed by atoms with Gasteiger partial charge in [-0.05, 0) is 31.7 Å². The van der Waals surface area contributed by atoms with Gasteiger partial charge in [-0.25, -0.2) is 0 Å². The number of thiophene rings is 1. The third-order valence-corrected chi connectivity index (χ3v) is 4.56. The lowest BCUT2D eigenvalue weighted by Gasteiger charge is -2.27. The first-order valence-electron chi connectivity index (χ1n) is 6.32. The molecule has 3 N–H and O–H groups in total. The monoisotopic (exact) mass is 283 g/mol. The molecule has 104 valence electrons. The van der Waals surface area contributed by atoms with Gasteiger partial charge in [-0.2, -0.15) is 0 Å². The normalized spacial score (nSPS) is 23.2. The fourth-order valence-corrected chi connectivity index (χ4v) is 3.16. The number of nitro groups is 1. The van der Waals surface area contributed by atoms with E-state index in [2.05, 4.69) is 5.32 Å². The van der Waals surface area contributed by atoms with E-state index in [0.29, 0.717) is 12.6 Å². The van der Waals surface area contributed by atoms with Crippen LogP contribution in [-0.4, -0.2) is 16.9 Å². The van der Waals surface area contributed by atoms with Gasteiger partial charge in [0.05, 0.1) is 4.92 Å². The number of hydrogen-bond acceptors (Lipinski definition) is 5. The van der Waals surface area contributed by atoms with Crippen molar-refractivity contribution in [3.63, 3.8) is 0 Å². The van der Waals surface area contributed by atoms with Gasteiger partial charge in [0.15, 0.2) is 0 Å². The molecule has 1 amide bonds. The van der Waals surface area contributed by atoms with Crippen LogP contribution in [0.1, 0.15) is 30.6 Å². The van der Waals surface area contributed by atoms with Crippen LogP contribution < -0.4 is 11.1 Å². The van der Waals surface area contributed by atoms with E-state index >= 15 is 0 Å². The molecule has 1 aromatic rings. The number of nitrogens with one attached hydrogen (secondary N) is 1. The molecule has 19 heavy (non-hydrogen) atoms. The molecule has 0 radical (unpaired) electrons. The molecule has 1 heterocycles. The van der Waals surface area contributed by atoms with E-state index in [4.69, 9.17) is 5.73 Å². The Labute approximate surface area is 115 Å². The van der Waals surface area contributed by atoms with Crippen molar-refractivity contribution >= 4 is 22.2 Å². The quantitative estimate of drug-likeness (QED) is 0.635. The molecule has 0 bridgehead atoms. The SMILES string of the molecule is NC(=O)C1CCC(NCc2ccc([N+](=O)[O-])s2)CC1. The summed E-state index contributed by atoms with van der Waals surface area (Å²) in [5.41, 5.74) is 5.29. The molecule has 7 heteroatoms. The third-order valence-electron chi connectivity index (χ3n) is 3.52. The van der Waals surface area contributed by atoms with E-state index in [1.165, 1.54) is 17.4 Å². The van der Waals surface area contributed by atoms with Crippen LogP contribution in [0.15, 0.2) is 12.1 Å². The molecule has 2 rings (SSSR count). The molecule has 1 aromatic heterocycles. The van der Waals surface area contributed by atoms with Crippen molar-refractivity contribution in [3.8, 4) is 0 Å². The molecule has 1 saturated carbocycles. The van der Waals surface area contributed by atoms with Gasteiger partial charge in [-0.1, -0.05) is 11.3 Å². The Balaban J connectivity index is 1.77. The summed E-state index contributed by atoms with van der Waals surface area (Å²) in [6.07, 6.45) is 3.53. The Morgan fingerprint density at radius 2 is 2.11 bits per heavy atom. The first kappa shape index (κ1) is 14.0. The Morgan fingerprint density at radius 1 is 1.42 bits per heavy atom. The first-order chi connectivity index (χ1) is 9.06. The highest BCUT2D eigenvalue weighted by molar-refractivity contribution is 7.15. The van der Waals surface area contributed by atoms with E-state index in [0.717, 1.165) is 30.6 Å². The maximum absolute atomic E-state index is 11.0. The maximum Gasteiger partial charge on any atom is 0.324 e. The number of rotatable bonds is 5. The van der Waals surface area contributed by atoms with Crippen LogP contribution in [0.4, 0.5) is 5.00 Å². The van der Waals surface area contributed by atoms with Crippen molar-refractivity contribution in [2.24, 2.45) is 11.7 Å². The second-order valence-electron chi connectivity index (χ2n) is 4.83. The smallest absolute Gasteiger partial charge is 0.324 e. The molecular weight excluding hydrogens is 266 g/mol. The summed E-state index contributed by atoms with van der Waals surface area (Å²) in [6, 6.07) is 3.69. The molecule has 0 aliphatic heterocycles. The lowest BCUT2D eigenvalue weighted by atomic mass is 9.85. The van der Waals surface area contributed by atoms with Gasteiger partial charge in [0, 0.05) is 29.4 Å². The molecule has 1 aliphatic carbocycles. The number of nitrogens with two attached hydrogens (primary N) is 1. The number of carbonyl (C=O) groups excluding carboxylic acids is 1. The van der Waals surface area contributed by atoms with E-state index in [9.17, 15) is 14.9 Å². The van der Waals surface area contributed by atoms with Crippen LogP contribution in [0.5, 0.6) is 0 Å². The summed E-state index contributed by atoms with van der Waals surface area (Å²) in [7, 11) is 0. The second kappa shape index (κ2) is 6.12. The van der Waals surface area contributed by atoms with Gasteiger partial charge in [0.2, 0.25) is 5.91 Å². The summed E-state index contributed by atoms with van der Waals surface area (Å²) in [4.78, 5) is 22.2. The molecule has 0 atom stereocenters. The van der Waals surface area contributed by atoms with Crippen molar-refractivity contribution in [3.05, 3.63) is 27.1 Å². The molecule has 0 unspecified atom stereocenters. The summed E-state index contributed by atoms with van der Waals surface area (Å²) in [6.45, 7) is 0.643. The van der Waals surface area contributed by atoms with E-state index < -0.39 is 0 Å². The van der Waals surface area contributed by atoms with Crippen LogP contribution in [0.3, 0.4) is 0 Å². The van der Waals surface area contributed by atoms with Crippen molar-refractivity contribution in [2.75, 3.05) is 0 Å². The van der Waals surface area contributed by atoms with Crippen LogP contribution in [-0.2, 0) is 11.3 Å². The average molecular weight is 283 g/mol. The predicted molar refractivity (Wildman–Crippen MR) is 72.8 cm³/mol. The highest BCUT2D eigenvalue weighted by Crippen LogP contribution is 2.26. The van der Waals surface area contributed by atoms with Crippen molar-refractivity contribution < 1.29 is 9.72 Å². The summed E-state index contributed by atoms with van der Waals surface area (Å²) < 4.78 is 0. The predicted octanol–water partition coefficient (Wildman–Crippen LogP) is 1.79. The molecule has 0 saturated heterocycles. The highest BCUT2D eigenvalue weighted by atomic mass is 32.1. The Hall–Kier alpha value is -1.47. The summed E-state index contributed by atoms with van der Waals surface area (Å²) >= 11 is 1.20. The van der Waals surface area contributed by atoms with Crippen LogP contribution >= 0.6 is 11.3 Å². The number of amides is 1. The highest BCUT2D eigenvalue weighted by Gasteiger charge is 2.24. The van der Waals surface area contributed by atoms with Crippen LogP contribution in [0.2, 0.25) is 0 Å². The van der Waals surface area contributed by atoms with Crippen LogP contribution in [0, 0.1) is 16.0 Å².